The number of aliphatic hydroxyl groups is 1. The third kappa shape index (κ3) is 11.2. The Labute approximate surface area is 248 Å². The number of rotatable bonds is 4. The van der Waals surface area contributed by atoms with Gasteiger partial charge in [-0.15, -0.1) is 39.5 Å². The quantitative estimate of drug-likeness (QED) is 0.150. The molecule has 2 heterocycles. The number of hydrogen-bond acceptors (Lipinski definition) is 7. The van der Waals surface area contributed by atoms with Crippen LogP contribution in [0.1, 0.15) is 11.4 Å². The van der Waals surface area contributed by atoms with Crippen LogP contribution in [0, 0.1) is 6.92 Å². The van der Waals surface area contributed by atoms with Crippen LogP contribution in [0.15, 0.2) is 84.9 Å². The maximum atomic E-state index is 12.2. The topological polar surface area (TPSA) is 99.7 Å². The summed E-state index contributed by atoms with van der Waals surface area (Å²) in [5.74, 6) is -1.01. The van der Waals surface area contributed by atoms with Gasteiger partial charge in [-0.2, -0.15) is 0 Å². The zero-order chi connectivity index (χ0) is 33.4. The summed E-state index contributed by atoms with van der Waals surface area (Å²) in [5, 5.41) is 10.0. The monoisotopic (exact) mass is 647 g/mol. The van der Waals surface area contributed by atoms with Crippen LogP contribution in [0.4, 0.5) is 45.2 Å². The van der Waals surface area contributed by atoms with Crippen LogP contribution in [0.25, 0.3) is 21.8 Å². The van der Waals surface area contributed by atoms with Crippen molar-refractivity contribution in [2.75, 3.05) is 5.73 Å². The predicted octanol–water partition coefficient (Wildman–Crippen LogP) is 8.23. The molecule has 3 N–H and O–H groups in total. The number of hydrogen-bond donors (Lipinski definition) is 2. The van der Waals surface area contributed by atoms with E-state index in [-0.39, 0.29) is 46.3 Å². The van der Waals surface area contributed by atoms with E-state index >= 15 is 0 Å². The van der Waals surface area contributed by atoms with Crippen LogP contribution < -0.4 is 19.9 Å². The first-order valence-corrected chi connectivity index (χ1v) is 12.4. The maximum Gasteiger partial charge on any atom is 0.573 e. The number of para-hydroxylation sites is 4. The Morgan fingerprint density at radius 2 is 1.02 bits per heavy atom. The molecule has 3 aromatic carbocycles. The summed E-state index contributed by atoms with van der Waals surface area (Å²) in [5.41, 5.74) is 6.40. The van der Waals surface area contributed by atoms with E-state index in [2.05, 4.69) is 24.2 Å². The summed E-state index contributed by atoms with van der Waals surface area (Å²) in [6, 6.07) is 20.7. The molecule has 0 bridgehead atoms. The molecular formula is C29H22F9N3O4. The molecule has 7 nitrogen and oxygen atoms in total. The summed E-state index contributed by atoms with van der Waals surface area (Å²) >= 11 is 0. The molecule has 0 aliphatic carbocycles. The Morgan fingerprint density at radius 1 is 0.578 bits per heavy atom. The SMILES string of the molecule is Cc1ccc2cccc(OC(F)(F)F)c2n1.Nc1ccccc1OC(F)(F)F.OCc1ccc2cccc(OC(F)(F)F)c2n1. The molecule has 0 saturated heterocycles. The van der Waals surface area contributed by atoms with Gasteiger partial charge in [-0.1, -0.05) is 48.5 Å². The molecule has 240 valence electrons. The molecule has 0 saturated carbocycles. The number of nitrogens with two attached hydrogens (primary N) is 1. The highest BCUT2D eigenvalue weighted by Gasteiger charge is 2.33. The second kappa shape index (κ2) is 14.2. The van der Waals surface area contributed by atoms with Crippen molar-refractivity contribution in [1.29, 1.82) is 0 Å². The summed E-state index contributed by atoms with van der Waals surface area (Å²) in [6.45, 7) is 1.38. The van der Waals surface area contributed by atoms with Gasteiger partial charge in [0.05, 0.1) is 18.0 Å². The highest BCUT2D eigenvalue weighted by Crippen LogP contribution is 2.31. The van der Waals surface area contributed by atoms with Crippen LogP contribution in [0.2, 0.25) is 0 Å². The van der Waals surface area contributed by atoms with E-state index in [9.17, 15) is 39.5 Å². The molecule has 2 aromatic heterocycles. The fraction of sp³-hybridized carbons (Fsp3) is 0.172. The second-order valence-electron chi connectivity index (χ2n) is 8.75. The minimum Gasteiger partial charge on any atom is -0.404 e. The van der Waals surface area contributed by atoms with E-state index in [1.54, 1.807) is 43.3 Å². The number of alkyl halides is 9. The Morgan fingerprint density at radius 3 is 1.51 bits per heavy atom. The molecule has 0 aliphatic rings. The second-order valence-corrected chi connectivity index (χ2v) is 8.75. The number of fused-ring (bicyclic) bond motifs is 2. The lowest BCUT2D eigenvalue weighted by molar-refractivity contribution is -0.275. The maximum absolute atomic E-state index is 12.2. The smallest absolute Gasteiger partial charge is 0.404 e. The van der Waals surface area contributed by atoms with Crippen molar-refractivity contribution in [3.63, 3.8) is 0 Å². The Balaban J connectivity index is 0.000000187. The number of nitrogens with zero attached hydrogens (tertiary/aromatic N) is 2. The lowest BCUT2D eigenvalue weighted by atomic mass is 10.2. The highest BCUT2D eigenvalue weighted by molar-refractivity contribution is 5.85. The zero-order valence-corrected chi connectivity index (χ0v) is 22.8. The molecular weight excluding hydrogens is 625 g/mol. The Kier molecular flexibility index (Phi) is 10.9. The normalized spacial score (nSPS) is 11.6. The number of aliphatic hydroxyl groups excluding tert-OH is 1. The van der Waals surface area contributed by atoms with Gasteiger partial charge < -0.3 is 25.1 Å². The third-order valence-corrected chi connectivity index (χ3v) is 5.32. The average Bonchev–Trinajstić information content (AvgIpc) is 2.93. The first-order chi connectivity index (χ1) is 20.9. The summed E-state index contributed by atoms with van der Waals surface area (Å²) in [4.78, 5) is 7.94. The van der Waals surface area contributed by atoms with Gasteiger partial charge in [0.15, 0.2) is 17.2 Å². The van der Waals surface area contributed by atoms with Gasteiger partial charge in [0.2, 0.25) is 0 Å². The first kappa shape index (κ1) is 34.5. The Bertz CT molecular complexity index is 1730. The summed E-state index contributed by atoms with van der Waals surface area (Å²) < 4.78 is 119. The van der Waals surface area contributed by atoms with Crippen molar-refractivity contribution >= 4 is 27.5 Å². The van der Waals surface area contributed by atoms with E-state index < -0.39 is 19.1 Å². The number of benzene rings is 3. The van der Waals surface area contributed by atoms with Gasteiger partial charge in [0, 0.05) is 16.5 Å². The number of pyridine rings is 2. The number of anilines is 1. The molecule has 0 amide bonds. The van der Waals surface area contributed by atoms with Crippen LogP contribution in [0.5, 0.6) is 17.2 Å². The van der Waals surface area contributed by atoms with Gasteiger partial charge in [-0.25, -0.2) is 9.97 Å². The van der Waals surface area contributed by atoms with Crippen molar-refractivity contribution in [1.82, 2.24) is 9.97 Å². The number of halogens is 9. The van der Waals surface area contributed by atoms with E-state index in [0.717, 1.165) is 6.07 Å². The molecule has 0 radical (unpaired) electrons. The molecule has 16 heteroatoms. The van der Waals surface area contributed by atoms with E-state index in [1.807, 2.05) is 0 Å². The average molecular weight is 647 g/mol. The van der Waals surface area contributed by atoms with Gasteiger partial charge in [0.25, 0.3) is 0 Å². The number of aryl methyl sites for hydroxylation is 1. The fourth-order valence-electron chi connectivity index (χ4n) is 3.58. The molecule has 0 fully saturated rings. The first-order valence-electron chi connectivity index (χ1n) is 12.4. The summed E-state index contributed by atoms with van der Waals surface area (Å²) in [7, 11) is 0. The van der Waals surface area contributed by atoms with E-state index in [0.29, 0.717) is 16.5 Å². The number of ether oxygens (including phenoxy) is 3. The molecule has 5 aromatic rings. The predicted molar refractivity (Wildman–Crippen MR) is 145 cm³/mol. The van der Waals surface area contributed by atoms with Gasteiger partial charge in [-0.3, -0.25) is 0 Å². The summed E-state index contributed by atoms with van der Waals surface area (Å²) in [6.07, 6.45) is -14.1. The number of nitrogen functional groups attached to an aromatic ring is 1. The highest BCUT2D eigenvalue weighted by atomic mass is 19.4. The van der Waals surface area contributed by atoms with Crippen molar-refractivity contribution in [3.05, 3.63) is 96.3 Å². The standard InChI is InChI=1S/C11H8F3NO2.C11H8F3NO.C7H6F3NO/c12-11(13,14)17-9-3-1-2-7-4-5-8(6-16)15-10(7)9;1-7-5-6-8-3-2-4-9(10(8)15-7)16-11(12,13)14;8-7(9,10)12-6-4-2-1-3-5(6)11/h1-5,16H,6H2;2-6H,1H3;1-4H,11H2. The van der Waals surface area contributed by atoms with E-state index in [1.165, 1.54) is 42.5 Å². The van der Waals surface area contributed by atoms with Crippen LogP contribution in [-0.2, 0) is 6.61 Å². The van der Waals surface area contributed by atoms with Gasteiger partial charge >= 0.3 is 19.1 Å². The molecule has 0 spiro atoms. The lowest BCUT2D eigenvalue weighted by Crippen LogP contribution is -2.17. The van der Waals surface area contributed by atoms with Crippen molar-refractivity contribution < 1.29 is 58.8 Å². The van der Waals surface area contributed by atoms with E-state index in [4.69, 9.17) is 10.8 Å². The fourth-order valence-corrected chi connectivity index (χ4v) is 3.58. The largest absolute Gasteiger partial charge is 0.573 e. The zero-order valence-electron chi connectivity index (χ0n) is 22.8. The van der Waals surface area contributed by atoms with Crippen LogP contribution >= 0.6 is 0 Å². The van der Waals surface area contributed by atoms with Crippen LogP contribution in [0.3, 0.4) is 0 Å². The van der Waals surface area contributed by atoms with Gasteiger partial charge in [-0.05, 0) is 43.3 Å². The van der Waals surface area contributed by atoms with Crippen molar-refractivity contribution in [2.24, 2.45) is 0 Å². The molecule has 5 rings (SSSR count). The lowest BCUT2D eigenvalue weighted by Gasteiger charge is -2.11. The molecule has 45 heavy (non-hydrogen) atoms. The number of aromatic nitrogens is 2. The molecule has 0 aliphatic heterocycles. The van der Waals surface area contributed by atoms with Crippen molar-refractivity contribution in [3.8, 4) is 17.2 Å². The van der Waals surface area contributed by atoms with Gasteiger partial charge in [0.1, 0.15) is 11.0 Å². The Hall–Kier alpha value is -4.99. The minimum atomic E-state index is -4.76. The minimum absolute atomic E-state index is 0.0326. The third-order valence-electron chi connectivity index (χ3n) is 5.32. The molecule has 0 unspecified atom stereocenters. The molecule has 0 atom stereocenters. The van der Waals surface area contributed by atoms with Crippen LogP contribution in [-0.4, -0.2) is 34.2 Å². The van der Waals surface area contributed by atoms with Crippen molar-refractivity contribution in [2.45, 2.75) is 32.6 Å².